The predicted octanol–water partition coefficient (Wildman–Crippen LogP) is 1.80. The number of methoxy groups -OCH3 is 1. The standard InChI is InChI=1S/C10H9ClN2.C9H7N3O5/c11-13-10-4-2-8-5-7(6-12)1-3-9(8)10;1-17-9(16)5-2-4(8(14)15)10-6-3-7(13)11-12(5)6/h1,3,5,10,13H,2,4H2;2-3H,1H3,(H,11,13)(H,14,15)/t10-;/m0./s1. The maximum atomic E-state index is 11.4. The summed E-state index contributed by atoms with van der Waals surface area (Å²) in [6.45, 7) is 0. The van der Waals surface area contributed by atoms with Gasteiger partial charge < -0.3 is 9.84 Å². The van der Waals surface area contributed by atoms with Gasteiger partial charge in [-0.3, -0.25) is 9.89 Å². The number of carboxylic acid groups (broad SMARTS) is 1. The smallest absolute Gasteiger partial charge is 0.356 e. The van der Waals surface area contributed by atoms with Crippen molar-refractivity contribution in [2.24, 2.45) is 0 Å². The highest BCUT2D eigenvalue weighted by Gasteiger charge is 2.21. The first kappa shape index (κ1) is 21.0. The van der Waals surface area contributed by atoms with Gasteiger partial charge in [-0.05, 0) is 47.9 Å². The van der Waals surface area contributed by atoms with E-state index in [2.05, 4.69) is 25.7 Å². The van der Waals surface area contributed by atoms with Crippen molar-refractivity contribution in [3.8, 4) is 6.07 Å². The number of nitrogens with one attached hydrogen (secondary N) is 2. The van der Waals surface area contributed by atoms with Crippen molar-refractivity contribution in [3.05, 3.63) is 68.8 Å². The molecule has 10 nitrogen and oxygen atoms in total. The minimum absolute atomic E-state index is 0.0373. The van der Waals surface area contributed by atoms with Crippen LogP contribution in [-0.2, 0) is 11.2 Å². The molecule has 1 aliphatic carbocycles. The Labute approximate surface area is 174 Å². The number of carbonyl (C=O) groups is 2. The Morgan fingerprint density at radius 1 is 1.40 bits per heavy atom. The van der Waals surface area contributed by atoms with Crippen molar-refractivity contribution in [2.45, 2.75) is 18.9 Å². The van der Waals surface area contributed by atoms with Crippen LogP contribution in [0.1, 0.15) is 50.1 Å². The molecular formula is C19H16ClN5O5. The molecule has 0 unspecified atom stereocenters. The molecule has 1 aliphatic rings. The molecule has 0 radical (unpaired) electrons. The number of hydrogen-bond acceptors (Lipinski definition) is 7. The van der Waals surface area contributed by atoms with Crippen LogP contribution in [0, 0.1) is 11.3 Å². The largest absolute Gasteiger partial charge is 0.477 e. The third-order valence-corrected chi connectivity index (χ3v) is 4.82. The molecule has 2 aromatic heterocycles. The van der Waals surface area contributed by atoms with Gasteiger partial charge in [0.05, 0.1) is 18.7 Å². The van der Waals surface area contributed by atoms with Crippen molar-refractivity contribution >= 4 is 29.4 Å². The van der Waals surface area contributed by atoms with E-state index in [0.717, 1.165) is 42.2 Å². The number of H-pyrrole nitrogens is 1. The van der Waals surface area contributed by atoms with E-state index < -0.39 is 17.5 Å². The minimum atomic E-state index is -1.30. The third-order valence-electron chi connectivity index (χ3n) is 4.56. The van der Waals surface area contributed by atoms with E-state index >= 15 is 0 Å². The van der Waals surface area contributed by atoms with Crippen molar-refractivity contribution < 1.29 is 19.4 Å². The Bertz CT molecular complexity index is 1230. The molecule has 0 fully saturated rings. The molecule has 0 spiro atoms. The number of halogens is 1. The van der Waals surface area contributed by atoms with E-state index in [-0.39, 0.29) is 23.1 Å². The number of aromatic nitrogens is 3. The molecule has 0 saturated carbocycles. The van der Waals surface area contributed by atoms with Crippen molar-refractivity contribution in [3.63, 3.8) is 0 Å². The number of fused-ring (bicyclic) bond motifs is 2. The molecule has 0 saturated heterocycles. The highest BCUT2D eigenvalue weighted by atomic mass is 35.5. The van der Waals surface area contributed by atoms with Gasteiger partial charge in [0.15, 0.2) is 17.0 Å². The van der Waals surface area contributed by atoms with Crippen molar-refractivity contribution in [1.82, 2.24) is 19.4 Å². The lowest BCUT2D eigenvalue weighted by Gasteiger charge is -2.07. The van der Waals surface area contributed by atoms with Crippen LogP contribution in [0.15, 0.2) is 35.1 Å². The first-order chi connectivity index (χ1) is 14.4. The molecule has 0 amide bonds. The summed E-state index contributed by atoms with van der Waals surface area (Å²) in [5.74, 6) is -2.07. The number of aromatic amines is 1. The molecule has 3 aromatic rings. The second-order valence-electron chi connectivity index (χ2n) is 6.36. The molecule has 11 heteroatoms. The zero-order valence-electron chi connectivity index (χ0n) is 15.7. The number of nitriles is 1. The fourth-order valence-electron chi connectivity index (χ4n) is 3.16. The maximum absolute atomic E-state index is 11.4. The van der Waals surface area contributed by atoms with Gasteiger partial charge in [0.2, 0.25) is 0 Å². The third kappa shape index (κ3) is 4.17. The number of carbonyl (C=O) groups excluding carboxylic acids is 1. The summed E-state index contributed by atoms with van der Waals surface area (Å²) in [7, 11) is 1.15. The average Bonchev–Trinajstić information content (AvgIpc) is 3.34. The van der Waals surface area contributed by atoms with Crippen molar-refractivity contribution in [2.75, 3.05) is 7.11 Å². The Balaban J connectivity index is 0.000000177. The van der Waals surface area contributed by atoms with E-state index in [4.69, 9.17) is 22.1 Å². The molecular weight excluding hydrogens is 414 g/mol. The SMILES string of the molecule is COC(=O)c1cc(C(=O)O)nc2cc(=O)[nH]n12.N#Cc1ccc2c(c1)CC[C@@H]2NCl. The summed E-state index contributed by atoms with van der Waals surface area (Å²) in [5.41, 5.74) is 2.29. The molecule has 30 heavy (non-hydrogen) atoms. The van der Waals surface area contributed by atoms with E-state index in [0.29, 0.717) is 0 Å². The molecule has 0 bridgehead atoms. The Morgan fingerprint density at radius 3 is 2.80 bits per heavy atom. The van der Waals surface area contributed by atoms with Crippen LogP contribution in [-0.4, -0.2) is 38.8 Å². The molecule has 1 atom stereocenters. The number of rotatable bonds is 3. The summed E-state index contributed by atoms with van der Waals surface area (Å²) < 4.78 is 5.56. The molecule has 154 valence electrons. The lowest BCUT2D eigenvalue weighted by Crippen LogP contribution is -2.14. The topological polar surface area (TPSA) is 150 Å². The summed E-state index contributed by atoms with van der Waals surface area (Å²) in [6.07, 6.45) is 2.03. The normalized spacial score (nSPS) is 14.4. The lowest BCUT2D eigenvalue weighted by atomic mass is 10.1. The van der Waals surface area contributed by atoms with E-state index in [1.54, 1.807) is 0 Å². The van der Waals surface area contributed by atoms with Gasteiger partial charge in [0, 0.05) is 18.2 Å². The molecule has 2 heterocycles. The van der Waals surface area contributed by atoms with Gasteiger partial charge in [-0.2, -0.15) is 5.26 Å². The summed E-state index contributed by atoms with van der Waals surface area (Å²) >= 11 is 5.59. The van der Waals surface area contributed by atoms with Gasteiger partial charge in [-0.15, -0.1) is 0 Å². The van der Waals surface area contributed by atoms with Gasteiger partial charge in [-0.25, -0.2) is 23.9 Å². The number of aryl methyl sites for hydroxylation is 1. The van der Waals surface area contributed by atoms with Crippen molar-refractivity contribution in [1.29, 1.82) is 5.26 Å². The number of aromatic carboxylic acids is 1. The quantitative estimate of drug-likeness (QED) is 0.421. The fourth-order valence-corrected chi connectivity index (χ4v) is 3.39. The van der Waals surface area contributed by atoms with E-state index in [9.17, 15) is 14.4 Å². The number of ether oxygens (including phenoxy) is 1. The Hall–Kier alpha value is -3.68. The van der Waals surface area contributed by atoms with Crippen LogP contribution in [0.25, 0.3) is 5.65 Å². The summed E-state index contributed by atoms with van der Waals surface area (Å²) in [6, 6.07) is 10.3. The highest BCUT2D eigenvalue weighted by molar-refractivity contribution is 6.13. The first-order valence-electron chi connectivity index (χ1n) is 8.71. The lowest BCUT2D eigenvalue weighted by molar-refractivity contribution is 0.0590. The van der Waals surface area contributed by atoms with Gasteiger partial charge in [-0.1, -0.05) is 6.07 Å². The van der Waals surface area contributed by atoms with Crippen LogP contribution in [0.4, 0.5) is 0 Å². The van der Waals surface area contributed by atoms with Crippen LogP contribution in [0.2, 0.25) is 0 Å². The highest BCUT2D eigenvalue weighted by Crippen LogP contribution is 2.31. The average molecular weight is 430 g/mol. The molecule has 4 rings (SSSR count). The van der Waals surface area contributed by atoms with Crippen LogP contribution in [0.5, 0.6) is 0 Å². The number of hydrogen-bond donors (Lipinski definition) is 3. The number of esters is 1. The van der Waals surface area contributed by atoms with E-state index in [1.807, 2.05) is 18.2 Å². The first-order valence-corrected chi connectivity index (χ1v) is 9.09. The number of carboxylic acids is 1. The van der Waals surface area contributed by atoms with Crippen LogP contribution < -0.4 is 10.4 Å². The van der Waals surface area contributed by atoms with Crippen LogP contribution >= 0.6 is 11.8 Å². The second-order valence-corrected chi connectivity index (χ2v) is 6.58. The second kappa shape index (κ2) is 8.77. The zero-order chi connectivity index (χ0) is 21.8. The monoisotopic (exact) mass is 429 g/mol. The van der Waals surface area contributed by atoms with Crippen LogP contribution in [0.3, 0.4) is 0 Å². The summed E-state index contributed by atoms with van der Waals surface area (Å²) in [4.78, 5) is 39.8. The van der Waals surface area contributed by atoms with Gasteiger partial charge in [0.25, 0.3) is 5.56 Å². The summed E-state index contributed by atoms with van der Waals surface area (Å²) in [5, 5.41) is 19.8. The fraction of sp³-hybridized carbons (Fsp3) is 0.211. The molecule has 3 N–H and O–H groups in total. The maximum Gasteiger partial charge on any atom is 0.356 e. The zero-order valence-corrected chi connectivity index (χ0v) is 16.4. The number of benzene rings is 1. The molecule has 1 aromatic carbocycles. The van der Waals surface area contributed by atoms with Gasteiger partial charge in [0.1, 0.15) is 0 Å². The minimum Gasteiger partial charge on any atom is -0.477 e. The number of nitrogens with zero attached hydrogens (tertiary/aromatic N) is 3. The Morgan fingerprint density at radius 2 is 2.17 bits per heavy atom. The molecule has 0 aliphatic heterocycles. The van der Waals surface area contributed by atoms with Gasteiger partial charge >= 0.3 is 11.9 Å². The Kier molecular flexibility index (Phi) is 6.15. The predicted molar refractivity (Wildman–Crippen MR) is 105 cm³/mol. The van der Waals surface area contributed by atoms with E-state index in [1.165, 1.54) is 11.1 Å².